The third kappa shape index (κ3) is 1.52. The van der Waals surface area contributed by atoms with Crippen LogP contribution in [0.25, 0.3) is 10.8 Å². The molecule has 16 heavy (non-hydrogen) atoms. The monoisotopic (exact) mass is 230 g/mol. The minimum atomic E-state index is 0.563. The zero-order valence-electron chi connectivity index (χ0n) is 8.74. The zero-order chi connectivity index (χ0) is 11.1. The number of carbonyl (C=O) groups is 1. The molecule has 1 saturated carbocycles. The highest BCUT2D eigenvalue weighted by Gasteiger charge is 2.23. The van der Waals surface area contributed by atoms with E-state index < -0.39 is 0 Å². The van der Waals surface area contributed by atoms with E-state index in [4.69, 9.17) is 11.6 Å². The second-order valence-electron chi connectivity index (χ2n) is 4.34. The van der Waals surface area contributed by atoms with Gasteiger partial charge in [-0.1, -0.05) is 35.9 Å². The maximum atomic E-state index is 10.8. The molecular weight excluding hydrogens is 220 g/mol. The van der Waals surface area contributed by atoms with Crippen LogP contribution in [-0.2, 0) is 0 Å². The molecule has 0 radical (unpaired) electrons. The van der Waals surface area contributed by atoms with Gasteiger partial charge in [-0.2, -0.15) is 0 Å². The Morgan fingerprint density at radius 3 is 2.69 bits per heavy atom. The maximum Gasteiger partial charge on any atom is 0.151 e. The molecule has 1 nitrogen and oxygen atoms in total. The average Bonchev–Trinajstić information content (AvgIpc) is 3.13. The molecule has 0 heterocycles. The van der Waals surface area contributed by atoms with Crippen LogP contribution in [0.15, 0.2) is 30.3 Å². The average molecular weight is 231 g/mol. The first-order chi connectivity index (χ1) is 7.79. The van der Waals surface area contributed by atoms with E-state index >= 15 is 0 Å². The minimum Gasteiger partial charge on any atom is -0.298 e. The highest BCUT2D eigenvalue weighted by atomic mass is 35.5. The molecule has 0 amide bonds. The van der Waals surface area contributed by atoms with E-state index in [0.29, 0.717) is 10.6 Å². The normalized spacial score (nSPS) is 15.3. The molecule has 1 aliphatic rings. The zero-order valence-corrected chi connectivity index (χ0v) is 9.50. The summed E-state index contributed by atoms with van der Waals surface area (Å²) >= 11 is 6.16. The summed E-state index contributed by atoms with van der Waals surface area (Å²) in [4.78, 5) is 10.8. The van der Waals surface area contributed by atoms with Crippen LogP contribution in [0, 0.1) is 0 Å². The number of fused-ring (bicyclic) bond motifs is 1. The molecule has 0 aliphatic heterocycles. The van der Waals surface area contributed by atoms with Crippen LogP contribution in [0.3, 0.4) is 0 Å². The lowest BCUT2D eigenvalue weighted by atomic mass is 10.0. The summed E-state index contributed by atoms with van der Waals surface area (Å²) in [6.07, 6.45) is 3.40. The molecule has 0 saturated heterocycles. The van der Waals surface area contributed by atoms with Gasteiger partial charge in [0.1, 0.15) is 0 Å². The number of rotatable bonds is 2. The van der Waals surface area contributed by atoms with E-state index in [9.17, 15) is 4.79 Å². The Bertz CT molecular complexity index is 570. The highest BCUT2D eigenvalue weighted by molar-refractivity contribution is 6.37. The second-order valence-corrected chi connectivity index (χ2v) is 4.72. The van der Waals surface area contributed by atoms with E-state index in [2.05, 4.69) is 12.1 Å². The fourth-order valence-corrected chi connectivity index (χ4v) is 2.37. The second kappa shape index (κ2) is 3.60. The lowest BCUT2D eigenvalue weighted by Gasteiger charge is -2.05. The van der Waals surface area contributed by atoms with Gasteiger partial charge < -0.3 is 0 Å². The predicted molar refractivity (Wildman–Crippen MR) is 66.3 cm³/mol. The van der Waals surface area contributed by atoms with Gasteiger partial charge in [0.2, 0.25) is 0 Å². The summed E-state index contributed by atoms with van der Waals surface area (Å²) < 4.78 is 0. The van der Waals surface area contributed by atoms with Gasteiger partial charge in [0.05, 0.1) is 5.02 Å². The lowest BCUT2D eigenvalue weighted by molar-refractivity contribution is 0.112. The van der Waals surface area contributed by atoms with E-state index in [1.807, 2.05) is 12.1 Å². The van der Waals surface area contributed by atoms with Gasteiger partial charge in [0.25, 0.3) is 0 Å². The van der Waals surface area contributed by atoms with Crippen molar-refractivity contribution in [3.63, 3.8) is 0 Å². The summed E-state index contributed by atoms with van der Waals surface area (Å²) in [5.74, 6) is 0.744. The van der Waals surface area contributed by atoms with E-state index in [0.717, 1.165) is 23.0 Å². The molecule has 0 bridgehead atoms. The summed E-state index contributed by atoms with van der Waals surface area (Å²) in [6.45, 7) is 0. The standard InChI is InChI=1S/C14H11ClO/c15-14-12(8-16)4-3-11-7-10(9-1-2-9)5-6-13(11)14/h3-9H,1-2H2. The Balaban J connectivity index is 2.22. The summed E-state index contributed by atoms with van der Waals surface area (Å²) in [5, 5.41) is 2.66. The molecule has 3 rings (SSSR count). The van der Waals surface area contributed by atoms with Crippen molar-refractivity contribution in [2.24, 2.45) is 0 Å². The molecule has 0 spiro atoms. The number of halogens is 1. The first-order valence-corrected chi connectivity index (χ1v) is 5.85. The molecular formula is C14H11ClO. The highest BCUT2D eigenvalue weighted by Crippen LogP contribution is 2.41. The molecule has 0 unspecified atom stereocenters. The molecule has 80 valence electrons. The Labute approximate surface area is 99.0 Å². The topological polar surface area (TPSA) is 17.1 Å². The smallest absolute Gasteiger partial charge is 0.151 e. The van der Waals surface area contributed by atoms with Crippen LogP contribution in [0.4, 0.5) is 0 Å². The first-order valence-electron chi connectivity index (χ1n) is 5.47. The summed E-state index contributed by atoms with van der Waals surface area (Å²) in [7, 11) is 0. The van der Waals surface area contributed by atoms with Gasteiger partial charge in [0.15, 0.2) is 6.29 Å². The number of aldehydes is 1. The van der Waals surface area contributed by atoms with E-state index in [-0.39, 0.29) is 0 Å². The third-order valence-corrected chi connectivity index (χ3v) is 3.61. The third-order valence-electron chi connectivity index (χ3n) is 3.18. The molecule has 1 aliphatic carbocycles. The maximum absolute atomic E-state index is 10.8. The van der Waals surface area contributed by atoms with Crippen molar-refractivity contribution in [3.8, 4) is 0 Å². The Morgan fingerprint density at radius 2 is 2.00 bits per heavy atom. The Kier molecular flexibility index (Phi) is 2.22. The quantitative estimate of drug-likeness (QED) is 0.708. The van der Waals surface area contributed by atoms with E-state index in [1.165, 1.54) is 18.4 Å². The van der Waals surface area contributed by atoms with Gasteiger partial charge in [-0.05, 0) is 35.8 Å². The number of hydrogen-bond donors (Lipinski definition) is 0. The molecule has 2 heteroatoms. The molecule has 0 N–H and O–H groups in total. The van der Waals surface area contributed by atoms with Crippen molar-refractivity contribution in [2.75, 3.05) is 0 Å². The predicted octanol–water partition coefficient (Wildman–Crippen LogP) is 4.18. The van der Waals surface area contributed by atoms with Crippen LogP contribution in [-0.4, -0.2) is 6.29 Å². The van der Waals surface area contributed by atoms with Crippen molar-refractivity contribution in [3.05, 3.63) is 46.5 Å². The molecule has 2 aromatic rings. The molecule has 2 aromatic carbocycles. The fourth-order valence-electron chi connectivity index (χ4n) is 2.09. The Morgan fingerprint density at radius 1 is 1.19 bits per heavy atom. The van der Waals surface area contributed by atoms with Crippen LogP contribution < -0.4 is 0 Å². The summed E-state index contributed by atoms with van der Waals surface area (Å²) in [5.41, 5.74) is 1.95. The van der Waals surface area contributed by atoms with Crippen molar-refractivity contribution < 1.29 is 4.79 Å². The molecule has 1 fully saturated rings. The van der Waals surface area contributed by atoms with Crippen molar-refractivity contribution in [1.82, 2.24) is 0 Å². The number of benzene rings is 2. The van der Waals surface area contributed by atoms with Gasteiger partial charge in [-0.3, -0.25) is 4.79 Å². The van der Waals surface area contributed by atoms with Crippen LogP contribution in [0.1, 0.15) is 34.7 Å². The van der Waals surface area contributed by atoms with Crippen molar-refractivity contribution in [1.29, 1.82) is 0 Å². The summed E-state index contributed by atoms with van der Waals surface area (Å²) in [6, 6.07) is 10.1. The van der Waals surface area contributed by atoms with Crippen molar-refractivity contribution >= 4 is 28.7 Å². The van der Waals surface area contributed by atoms with Crippen LogP contribution in [0.2, 0.25) is 5.02 Å². The largest absolute Gasteiger partial charge is 0.298 e. The molecule has 0 aromatic heterocycles. The fraction of sp³-hybridized carbons (Fsp3) is 0.214. The van der Waals surface area contributed by atoms with Crippen molar-refractivity contribution in [2.45, 2.75) is 18.8 Å². The van der Waals surface area contributed by atoms with Gasteiger partial charge in [-0.25, -0.2) is 0 Å². The van der Waals surface area contributed by atoms with Crippen LogP contribution in [0.5, 0.6) is 0 Å². The first kappa shape index (κ1) is 9.86. The number of carbonyl (C=O) groups excluding carboxylic acids is 1. The van der Waals surface area contributed by atoms with E-state index in [1.54, 1.807) is 6.07 Å². The minimum absolute atomic E-state index is 0.563. The van der Waals surface area contributed by atoms with Gasteiger partial charge in [0, 0.05) is 10.9 Å². The number of hydrogen-bond acceptors (Lipinski definition) is 1. The van der Waals surface area contributed by atoms with Gasteiger partial charge >= 0.3 is 0 Å². The van der Waals surface area contributed by atoms with Gasteiger partial charge in [-0.15, -0.1) is 0 Å². The molecule has 0 atom stereocenters. The Hall–Kier alpha value is -1.34. The SMILES string of the molecule is O=Cc1ccc2cc(C3CC3)ccc2c1Cl. The van der Waals surface area contributed by atoms with Crippen LogP contribution >= 0.6 is 11.6 Å². The lowest BCUT2D eigenvalue weighted by Crippen LogP contribution is -1.86.